The molecule has 0 spiro atoms. The summed E-state index contributed by atoms with van der Waals surface area (Å²) in [6, 6.07) is 3.51. The van der Waals surface area contributed by atoms with E-state index in [1.54, 1.807) is 12.3 Å². The molecule has 2 heterocycles. The topological polar surface area (TPSA) is 98.8 Å². The molecule has 3 N–H and O–H groups in total. The molecule has 0 unspecified atom stereocenters. The van der Waals surface area contributed by atoms with Crippen LogP contribution in [0, 0.1) is 6.92 Å². The van der Waals surface area contributed by atoms with E-state index in [1.165, 1.54) is 7.11 Å². The third kappa shape index (κ3) is 3.03. The van der Waals surface area contributed by atoms with Gasteiger partial charge in [0, 0.05) is 12.3 Å². The van der Waals surface area contributed by atoms with E-state index >= 15 is 0 Å². The maximum Gasteiger partial charge on any atom is 0.225 e. The highest BCUT2D eigenvalue weighted by Gasteiger charge is 2.03. The van der Waals surface area contributed by atoms with Crippen LogP contribution < -0.4 is 15.8 Å². The summed E-state index contributed by atoms with van der Waals surface area (Å²) in [7, 11) is 1.53. The SMILES string of the molecule is COc1cc(NCc2ccnc(C)n2)nc(N)n1. The summed E-state index contributed by atoms with van der Waals surface area (Å²) in [5, 5.41) is 3.10. The molecule has 7 nitrogen and oxygen atoms in total. The highest BCUT2D eigenvalue weighted by Crippen LogP contribution is 2.14. The molecule has 7 heteroatoms. The molecule has 0 bridgehead atoms. The van der Waals surface area contributed by atoms with Crippen molar-refractivity contribution >= 4 is 11.8 Å². The lowest BCUT2D eigenvalue weighted by Crippen LogP contribution is -2.07. The number of rotatable bonds is 4. The maximum absolute atomic E-state index is 5.56. The fourth-order valence-electron chi connectivity index (χ4n) is 1.42. The van der Waals surface area contributed by atoms with Gasteiger partial charge in [-0.25, -0.2) is 9.97 Å². The molecule has 94 valence electrons. The first-order valence-electron chi connectivity index (χ1n) is 5.38. The lowest BCUT2D eigenvalue weighted by molar-refractivity contribution is 0.398. The predicted octanol–water partition coefficient (Wildman–Crippen LogP) is 0.778. The van der Waals surface area contributed by atoms with Crippen LogP contribution in [0.15, 0.2) is 18.3 Å². The number of anilines is 2. The number of aromatic nitrogens is 4. The van der Waals surface area contributed by atoms with Gasteiger partial charge in [0.1, 0.15) is 11.6 Å². The summed E-state index contributed by atoms with van der Waals surface area (Å²) in [6.45, 7) is 2.37. The van der Waals surface area contributed by atoms with Crippen LogP contribution in [0.25, 0.3) is 0 Å². The molecule has 18 heavy (non-hydrogen) atoms. The van der Waals surface area contributed by atoms with Gasteiger partial charge in [0.05, 0.1) is 19.3 Å². The summed E-state index contributed by atoms with van der Waals surface area (Å²) in [6.07, 6.45) is 1.72. The highest BCUT2D eigenvalue weighted by molar-refractivity contribution is 5.42. The first kappa shape index (κ1) is 12.0. The predicted molar refractivity (Wildman–Crippen MR) is 67.1 cm³/mol. The first-order chi connectivity index (χ1) is 8.67. The van der Waals surface area contributed by atoms with Crippen LogP contribution in [0.1, 0.15) is 11.5 Å². The Bertz CT molecular complexity index is 545. The van der Waals surface area contributed by atoms with E-state index < -0.39 is 0 Å². The lowest BCUT2D eigenvalue weighted by Gasteiger charge is -2.07. The second kappa shape index (κ2) is 5.26. The van der Waals surface area contributed by atoms with Crippen LogP contribution in [0.3, 0.4) is 0 Å². The number of ether oxygens (including phenoxy) is 1. The molecule has 0 fully saturated rings. The van der Waals surface area contributed by atoms with Gasteiger partial charge in [-0.05, 0) is 13.0 Å². The Hall–Kier alpha value is -2.44. The molecule has 0 atom stereocenters. The third-order valence-electron chi connectivity index (χ3n) is 2.21. The minimum absolute atomic E-state index is 0.163. The molecular formula is C11H14N6O. The number of aryl methyl sites for hydroxylation is 1. The summed E-state index contributed by atoms with van der Waals surface area (Å²) >= 11 is 0. The van der Waals surface area contributed by atoms with E-state index in [0.717, 1.165) is 11.5 Å². The van der Waals surface area contributed by atoms with Crippen LogP contribution >= 0.6 is 0 Å². The van der Waals surface area contributed by atoms with E-state index in [1.807, 2.05) is 13.0 Å². The Balaban J connectivity index is 2.08. The largest absolute Gasteiger partial charge is 0.481 e. The summed E-state index contributed by atoms with van der Waals surface area (Å²) in [5.41, 5.74) is 6.43. The van der Waals surface area contributed by atoms with Crippen LogP contribution in [0.2, 0.25) is 0 Å². The van der Waals surface area contributed by atoms with Crippen LogP contribution in [0.5, 0.6) is 5.88 Å². The number of nitrogen functional groups attached to an aromatic ring is 1. The fraction of sp³-hybridized carbons (Fsp3) is 0.273. The molecule has 0 aliphatic carbocycles. The Morgan fingerprint density at radius 2 is 2.17 bits per heavy atom. The van der Waals surface area contributed by atoms with Gasteiger partial charge in [0.15, 0.2) is 0 Å². The number of nitrogens with two attached hydrogens (primary N) is 1. The third-order valence-corrected chi connectivity index (χ3v) is 2.21. The summed E-state index contributed by atoms with van der Waals surface area (Å²) in [4.78, 5) is 16.3. The smallest absolute Gasteiger partial charge is 0.225 e. The van der Waals surface area contributed by atoms with Gasteiger partial charge in [-0.3, -0.25) is 0 Å². The Labute approximate surface area is 104 Å². The van der Waals surface area contributed by atoms with Crippen molar-refractivity contribution in [3.63, 3.8) is 0 Å². The number of nitrogens with zero attached hydrogens (tertiary/aromatic N) is 4. The maximum atomic E-state index is 5.56. The number of nitrogens with one attached hydrogen (secondary N) is 1. The van der Waals surface area contributed by atoms with Crippen molar-refractivity contribution in [2.75, 3.05) is 18.2 Å². The van der Waals surface area contributed by atoms with Gasteiger partial charge in [0.2, 0.25) is 11.8 Å². The molecule has 0 saturated carbocycles. The van der Waals surface area contributed by atoms with Gasteiger partial charge in [0.25, 0.3) is 0 Å². The molecule has 0 aromatic carbocycles. The van der Waals surface area contributed by atoms with E-state index in [0.29, 0.717) is 18.2 Å². The van der Waals surface area contributed by atoms with Gasteiger partial charge in [-0.1, -0.05) is 0 Å². The van der Waals surface area contributed by atoms with Crippen molar-refractivity contribution in [2.24, 2.45) is 0 Å². The Morgan fingerprint density at radius 3 is 2.89 bits per heavy atom. The Morgan fingerprint density at radius 1 is 1.33 bits per heavy atom. The van der Waals surface area contributed by atoms with Gasteiger partial charge in [-0.15, -0.1) is 0 Å². The summed E-state index contributed by atoms with van der Waals surface area (Å²) in [5.74, 6) is 1.91. The monoisotopic (exact) mass is 246 g/mol. The van der Waals surface area contributed by atoms with E-state index in [-0.39, 0.29) is 5.95 Å². The second-order valence-electron chi connectivity index (χ2n) is 3.60. The molecule has 2 aromatic rings. The van der Waals surface area contributed by atoms with Gasteiger partial charge >= 0.3 is 0 Å². The standard InChI is InChI=1S/C11H14N6O/c1-7-13-4-3-8(15-7)6-14-9-5-10(18-2)17-11(12)16-9/h3-5H,6H2,1-2H3,(H3,12,14,16,17). The number of hydrogen-bond acceptors (Lipinski definition) is 7. The minimum atomic E-state index is 0.163. The number of hydrogen-bond donors (Lipinski definition) is 2. The van der Waals surface area contributed by atoms with Crippen molar-refractivity contribution in [1.29, 1.82) is 0 Å². The van der Waals surface area contributed by atoms with Crippen LogP contribution in [0.4, 0.5) is 11.8 Å². The van der Waals surface area contributed by atoms with Crippen molar-refractivity contribution in [2.45, 2.75) is 13.5 Å². The molecule has 0 radical (unpaired) electrons. The van der Waals surface area contributed by atoms with E-state index in [9.17, 15) is 0 Å². The van der Waals surface area contributed by atoms with Crippen molar-refractivity contribution < 1.29 is 4.74 Å². The molecule has 0 aliphatic heterocycles. The average Bonchev–Trinajstić information content (AvgIpc) is 2.36. The molecular weight excluding hydrogens is 232 g/mol. The average molecular weight is 246 g/mol. The van der Waals surface area contributed by atoms with Gasteiger partial charge in [-0.2, -0.15) is 9.97 Å². The number of methoxy groups -OCH3 is 1. The molecule has 2 aromatic heterocycles. The van der Waals surface area contributed by atoms with Crippen molar-refractivity contribution in [3.8, 4) is 5.88 Å². The molecule has 2 rings (SSSR count). The summed E-state index contributed by atoms with van der Waals surface area (Å²) < 4.78 is 5.01. The normalized spacial score (nSPS) is 10.1. The Kier molecular flexibility index (Phi) is 3.52. The second-order valence-corrected chi connectivity index (χ2v) is 3.60. The van der Waals surface area contributed by atoms with Crippen LogP contribution in [-0.2, 0) is 6.54 Å². The molecule has 0 saturated heterocycles. The fourth-order valence-corrected chi connectivity index (χ4v) is 1.42. The first-order valence-corrected chi connectivity index (χ1v) is 5.38. The minimum Gasteiger partial charge on any atom is -0.481 e. The zero-order valence-corrected chi connectivity index (χ0v) is 10.2. The van der Waals surface area contributed by atoms with E-state index in [2.05, 4.69) is 25.3 Å². The van der Waals surface area contributed by atoms with Crippen LogP contribution in [-0.4, -0.2) is 27.0 Å². The highest BCUT2D eigenvalue weighted by atomic mass is 16.5. The molecule has 0 amide bonds. The zero-order chi connectivity index (χ0) is 13.0. The quantitative estimate of drug-likeness (QED) is 0.822. The van der Waals surface area contributed by atoms with Crippen molar-refractivity contribution in [3.05, 3.63) is 29.8 Å². The molecule has 0 aliphatic rings. The zero-order valence-electron chi connectivity index (χ0n) is 10.2. The van der Waals surface area contributed by atoms with E-state index in [4.69, 9.17) is 10.5 Å². The lowest BCUT2D eigenvalue weighted by atomic mass is 10.4. The van der Waals surface area contributed by atoms with Crippen molar-refractivity contribution in [1.82, 2.24) is 19.9 Å². The van der Waals surface area contributed by atoms with Gasteiger partial charge < -0.3 is 15.8 Å².